The molecule has 1 aromatic heterocycles. The van der Waals surface area contributed by atoms with E-state index in [-0.39, 0.29) is 17.1 Å². The van der Waals surface area contributed by atoms with Crippen LogP contribution in [-0.2, 0) is 0 Å². The Morgan fingerprint density at radius 2 is 2.00 bits per heavy atom. The van der Waals surface area contributed by atoms with Crippen molar-refractivity contribution in [2.45, 2.75) is 44.2 Å². The fraction of sp³-hybridized carbons (Fsp3) is 0.643. The SMILES string of the molecule is O=C(NC1CCCC1)N[C@H]1CCN(c2cn[nH]c(=O)c2Cl)C1. The molecule has 1 saturated carbocycles. The summed E-state index contributed by atoms with van der Waals surface area (Å²) in [7, 11) is 0. The molecule has 0 radical (unpaired) electrons. The summed E-state index contributed by atoms with van der Waals surface area (Å²) in [6, 6.07) is 0.259. The van der Waals surface area contributed by atoms with E-state index in [0.29, 0.717) is 18.3 Å². The Morgan fingerprint density at radius 3 is 2.77 bits per heavy atom. The summed E-state index contributed by atoms with van der Waals surface area (Å²) in [5.74, 6) is 0. The smallest absolute Gasteiger partial charge is 0.315 e. The van der Waals surface area contributed by atoms with E-state index < -0.39 is 5.56 Å². The molecule has 2 amide bonds. The quantitative estimate of drug-likeness (QED) is 0.780. The van der Waals surface area contributed by atoms with Gasteiger partial charge in [0.25, 0.3) is 5.56 Å². The molecule has 2 heterocycles. The van der Waals surface area contributed by atoms with Gasteiger partial charge in [0.15, 0.2) is 0 Å². The van der Waals surface area contributed by atoms with Crippen LogP contribution in [-0.4, -0.2) is 41.4 Å². The highest BCUT2D eigenvalue weighted by atomic mass is 35.5. The average molecular weight is 326 g/mol. The Hall–Kier alpha value is -1.76. The number of carbonyl (C=O) groups excluding carboxylic acids is 1. The minimum Gasteiger partial charge on any atom is -0.367 e. The van der Waals surface area contributed by atoms with E-state index in [0.717, 1.165) is 25.8 Å². The zero-order chi connectivity index (χ0) is 15.5. The lowest BCUT2D eigenvalue weighted by Gasteiger charge is -2.20. The number of nitrogens with zero attached hydrogens (tertiary/aromatic N) is 2. The van der Waals surface area contributed by atoms with Crippen LogP contribution in [0, 0.1) is 0 Å². The van der Waals surface area contributed by atoms with Crippen molar-refractivity contribution in [1.82, 2.24) is 20.8 Å². The number of rotatable bonds is 3. The van der Waals surface area contributed by atoms with Gasteiger partial charge >= 0.3 is 6.03 Å². The Morgan fingerprint density at radius 1 is 1.27 bits per heavy atom. The lowest BCUT2D eigenvalue weighted by molar-refractivity contribution is 0.234. The van der Waals surface area contributed by atoms with Crippen LogP contribution in [0.25, 0.3) is 0 Å². The average Bonchev–Trinajstić information content (AvgIpc) is 3.14. The molecule has 1 aliphatic carbocycles. The fourth-order valence-corrected chi connectivity index (χ4v) is 3.38. The molecular formula is C14H20ClN5O2. The number of amides is 2. The van der Waals surface area contributed by atoms with Gasteiger partial charge in [0, 0.05) is 25.2 Å². The van der Waals surface area contributed by atoms with Crippen molar-refractivity contribution in [2.24, 2.45) is 0 Å². The Balaban J connectivity index is 1.54. The summed E-state index contributed by atoms with van der Waals surface area (Å²) < 4.78 is 0. The molecule has 3 N–H and O–H groups in total. The van der Waals surface area contributed by atoms with E-state index in [1.807, 2.05) is 4.90 Å². The van der Waals surface area contributed by atoms with Gasteiger partial charge in [-0.2, -0.15) is 5.10 Å². The third kappa shape index (κ3) is 3.35. The number of aromatic amines is 1. The maximum Gasteiger partial charge on any atom is 0.315 e. The number of urea groups is 1. The van der Waals surface area contributed by atoms with Gasteiger partial charge in [-0.3, -0.25) is 4.79 Å². The molecule has 3 rings (SSSR count). The molecule has 0 bridgehead atoms. The van der Waals surface area contributed by atoms with Gasteiger partial charge in [-0.05, 0) is 19.3 Å². The molecule has 1 atom stereocenters. The second kappa shape index (κ2) is 6.56. The number of hydrogen-bond donors (Lipinski definition) is 3. The third-order valence-corrected chi connectivity index (χ3v) is 4.70. The molecule has 1 saturated heterocycles. The van der Waals surface area contributed by atoms with Gasteiger partial charge in [-0.15, -0.1) is 0 Å². The normalized spacial score (nSPS) is 22.0. The van der Waals surface area contributed by atoms with Gasteiger partial charge in [-0.1, -0.05) is 24.4 Å². The molecule has 0 aromatic carbocycles. The zero-order valence-electron chi connectivity index (χ0n) is 12.3. The van der Waals surface area contributed by atoms with Crippen molar-refractivity contribution >= 4 is 23.3 Å². The number of aromatic nitrogens is 2. The first-order valence-corrected chi connectivity index (χ1v) is 8.06. The second-order valence-electron chi connectivity index (χ2n) is 5.93. The number of H-pyrrole nitrogens is 1. The highest BCUT2D eigenvalue weighted by Crippen LogP contribution is 2.24. The first-order valence-electron chi connectivity index (χ1n) is 7.68. The lowest BCUT2D eigenvalue weighted by atomic mass is 10.2. The van der Waals surface area contributed by atoms with Crippen LogP contribution in [0.3, 0.4) is 0 Å². The third-order valence-electron chi connectivity index (χ3n) is 4.33. The lowest BCUT2D eigenvalue weighted by Crippen LogP contribution is -2.46. The highest BCUT2D eigenvalue weighted by molar-refractivity contribution is 6.33. The Kier molecular flexibility index (Phi) is 4.52. The molecule has 0 unspecified atom stereocenters. The van der Waals surface area contributed by atoms with Crippen LogP contribution in [0.15, 0.2) is 11.0 Å². The molecule has 22 heavy (non-hydrogen) atoms. The van der Waals surface area contributed by atoms with Gasteiger partial charge < -0.3 is 15.5 Å². The number of halogens is 1. The molecule has 1 aromatic rings. The summed E-state index contributed by atoms with van der Waals surface area (Å²) in [6.07, 6.45) is 6.88. The predicted octanol–water partition coefficient (Wildman–Crippen LogP) is 1.24. The molecule has 0 spiro atoms. The van der Waals surface area contributed by atoms with Crippen LogP contribution in [0.4, 0.5) is 10.5 Å². The number of carbonyl (C=O) groups is 1. The van der Waals surface area contributed by atoms with Crippen molar-refractivity contribution in [3.05, 3.63) is 21.6 Å². The first kappa shape index (κ1) is 15.1. The van der Waals surface area contributed by atoms with Crippen molar-refractivity contribution in [2.75, 3.05) is 18.0 Å². The second-order valence-corrected chi connectivity index (χ2v) is 6.31. The largest absolute Gasteiger partial charge is 0.367 e. The van der Waals surface area contributed by atoms with E-state index >= 15 is 0 Å². The van der Waals surface area contributed by atoms with Gasteiger partial charge in [0.2, 0.25) is 0 Å². The van der Waals surface area contributed by atoms with Crippen molar-refractivity contribution < 1.29 is 4.79 Å². The number of anilines is 1. The highest BCUT2D eigenvalue weighted by Gasteiger charge is 2.27. The standard InChI is InChI=1S/C14H20ClN5O2/c15-12-11(7-16-19-13(12)21)20-6-5-10(8-20)18-14(22)17-9-3-1-2-4-9/h7,9-10H,1-6,8H2,(H,19,21)(H2,17,18,22)/t10-/m0/s1. The van der Waals surface area contributed by atoms with Crippen LogP contribution in [0.2, 0.25) is 5.02 Å². The minimum atomic E-state index is -0.394. The van der Waals surface area contributed by atoms with Gasteiger partial charge in [0.05, 0.1) is 11.9 Å². The predicted molar refractivity (Wildman–Crippen MR) is 84.4 cm³/mol. The molecule has 1 aliphatic heterocycles. The Bertz CT molecular complexity index is 599. The van der Waals surface area contributed by atoms with E-state index in [1.54, 1.807) is 6.20 Å². The van der Waals surface area contributed by atoms with Gasteiger partial charge in [-0.25, -0.2) is 9.89 Å². The molecule has 8 heteroatoms. The fourth-order valence-electron chi connectivity index (χ4n) is 3.17. The van der Waals surface area contributed by atoms with Crippen molar-refractivity contribution in [1.29, 1.82) is 0 Å². The van der Waals surface area contributed by atoms with Gasteiger partial charge in [0.1, 0.15) is 5.02 Å². The van der Waals surface area contributed by atoms with Crippen LogP contribution < -0.4 is 21.1 Å². The van der Waals surface area contributed by atoms with Crippen LogP contribution >= 0.6 is 11.6 Å². The summed E-state index contributed by atoms with van der Waals surface area (Å²) in [4.78, 5) is 25.5. The number of nitrogens with one attached hydrogen (secondary N) is 3. The monoisotopic (exact) mass is 325 g/mol. The molecule has 120 valence electrons. The molecule has 2 aliphatic rings. The van der Waals surface area contributed by atoms with Crippen LogP contribution in [0.5, 0.6) is 0 Å². The summed E-state index contributed by atoms with van der Waals surface area (Å²) >= 11 is 6.01. The maximum atomic E-state index is 12.0. The minimum absolute atomic E-state index is 0.0526. The van der Waals surface area contributed by atoms with Crippen LogP contribution in [0.1, 0.15) is 32.1 Å². The molecule has 7 nitrogen and oxygen atoms in total. The van der Waals surface area contributed by atoms with E-state index in [2.05, 4.69) is 20.8 Å². The summed E-state index contributed by atoms with van der Waals surface area (Å²) in [5, 5.41) is 12.2. The first-order chi connectivity index (χ1) is 10.6. The van der Waals surface area contributed by atoms with Crippen molar-refractivity contribution in [3.8, 4) is 0 Å². The van der Waals surface area contributed by atoms with Crippen molar-refractivity contribution in [3.63, 3.8) is 0 Å². The number of hydrogen-bond acceptors (Lipinski definition) is 4. The Labute approximate surface area is 133 Å². The molecule has 2 fully saturated rings. The summed E-state index contributed by atoms with van der Waals surface area (Å²) in [6.45, 7) is 1.36. The van der Waals surface area contributed by atoms with E-state index in [4.69, 9.17) is 11.6 Å². The summed E-state index contributed by atoms with van der Waals surface area (Å²) in [5.41, 5.74) is 0.223. The maximum absolute atomic E-state index is 12.0. The topological polar surface area (TPSA) is 90.1 Å². The van der Waals surface area contributed by atoms with E-state index in [1.165, 1.54) is 12.8 Å². The molecular weight excluding hydrogens is 306 g/mol. The zero-order valence-corrected chi connectivity index (χ0v) is 13.0. The van der Waals surface area contributed by atoms with E-state index in [9.17, 15) is 9.59 Å².